The molecule has 270 valence electrons. The number of nitrogens with zero attached hydrogens (tertiary/aromatic N) is 1. The molecular formula is C40H58N2O7. The third-order valence-corrected chi connectivity index (χ3v) is 10.9. The number of carbonyl (C=O) groups excluding carboxylic acids is 6. The number of piperidine rings is 1. The van der Waals surface area contributed by atoms with E-state index in [1.165, 1.54) is 0 Å². The Morgan fingerprint density at radius 3 is 2.12 bits per heavy atom. The molecule has 2 aliphatic heterocycles. The first-order chi connectivity index (χ1) is 23.2. The monoisotopic (exact) mass is 678 g/mol. The maximum Gasteiger partial charge on any atom is 0.307 e. The van der Waals surface area contributed by atoms with Gasteiger partial charge >= 0.3 is 5.97 Å². The van der Waals surface area contributed by atoms with Gasteiger partial charge in [0.1, 0.15) is 5.60 Å². The fraction of sp³-hybridized carbons (Fsp3) is 0.700. The Bertz CT molecular complexity index is 1350. The number of nitrogens with one attached hydrogen (secondary N) is 1. The molecule has 49 heavy (non-hydrogen) atoms. The second-order valence-corrected chi connectivity index (χ2v) is 16.2. The summed E-state index contributed by atoms with van der Waals surface area (Å²) in [6, 6.07) is 8.78. The normalized spacial score (nSPS) is 26.6. The fourth-order valence-corrected chi connectivity index (χ4v) is 8.01. The Labute approximate surface area is 292 Å². The molecule has 0 bridgehead atoms. The molecule has 0 spiro atoms. The molecule has 3 fully saturated rings. The minimum Gasteiger partial charge on any atom is -0.460 e. The lowest BCUT2D eigenvalue weighted by Gasteiger charge is -2.33. The van der Waals surface area contributed by atoms with Crippen molar-refractivity contribution in [2.45, 2.75) is 143 Å². The molecule has 0 radical (unpaired) electrons. The molecule has 5 atom stereocenters. The molecular weight excluding hydrogens is 620 g/mol. The number of esters is 1. The van der Waals surface area contributed by atoms with Crippen LogP contribution < -0.4 is 5.32 Å². The highest BCUT2D eigenvalue weighted by molar-refractivity contribution is 6.38. The molecule has 1 N–H and O–H groups in total. The molecule has 3 aliphatic rings. The minimum atomic E-state index is -0.779. The summed E-state index contributed by atoms with van der Waals surface area (Å²) in [6.07, 6.45) is 8.19. The van der Waals surface area contributed by atoms with Crippen LogP contribution in [0.2, 0.25) is 0 Å². The second kappa shape index (κ2) is 17.0. The van der Waals surface area contributed by atoms with Crippen LogP contribution in [-0.4, -0.2) is 58.2 Å². The Morgan fingerprint density at radius 2 is 1.49 bits per heavy atom. The number of carbonyl (C=O) groups is 6. The zero-order valence-corrected chi connectivity index (χ0v) is 30.4. The predicted molar refractivity (Wildman–Crippen MR) is 187 cm³/mol. The number of rotatable bonds is 9. The van der Waals surface area contributed by atoms with Gasteiger partial charge in [-0.15, -0.1) is 0 Å². The van der Waals surface area contributed by atoms with E-state index < -0.39 is 41.0 Å². The van der Waals surface area contributed by atoms with Gasteiger partial charge in [-0.25, -0.2) is 0 Å². The van der Waals surface area contributed by atoms with Gasteiger partial charge in [0, 0.05) is 44.2 Å². The molecule has 9 heteroatoms. The van der Waals surface area contributed by atoms with E-state index >= 15 is 0 Å². The highest BCUT2D eigenvalue weighted by atomic mass is 16.6. The van der Waals surface area contributed by atoms with Crippen molar-refractivity contribution in [3.05, 3.63) is 35.9 Å². The Balaban J connectivity index is 1.48. The van der Waals surface area contributed by atoms with Crippen molar-refractivity contribution in [2.75, 3.05) is 6.54 Å². The zero-order valence-electron chi connectivity index (χ0n) is 30.4. The van der Waals surface area contributed by atoms with Crippen molar-refractivity contribution in [3.63, 3.8) is 0 Å². The van der Waals surface area contributed by atoms with Gasteiger partial charge in [0.25, 0.3) is 0 Å². The van der Waals surface area contributed by atoms with Gasteiger partial charge in [-0.1, -0.05) is 95.5 Å². The molecule has 1 saturated carbocycles. The number of fused-ring (bicyclic) bond motifs is 3. The number of hydrogen-bond donors (Lipinski definition) is 1. The smallest absolute Gasteiger partial charge is 0.307 e. The van der Waals surface area contributed by atoms with Crippen LogP contribution in [0.15, 0.2) is 30.3 Å². The first-order valence-corrected chi connectivity index (χ1v) is 18.6. The molecule has 1 aromatic carbocycles. The van der Waals surface area contributed by atoms with Gasteiger partial charge in [-0.05, 0) is 56.4 Å². The molecule has 4 rings (SSSR count). The highest BCUT2D eigenvalue weighted by Gasteiger charge is 2.69. The summed E-state index contributed by atoms with van der Waals surface area (Å²) in [4.78, 5) is 82.4. The number of amides is 2. The fourth-order valence-electron chi connectivity index (χ4n) is 8.01. The molecule has 2 amide bonds. The number of benzene rings is 1. The molecule has 1 unspecified atom stereocenters. The van der Waals surface area contributed by atoms with Crippen LogP contribution in [0.4, 0.5) is 0 Å². The minimum absolute atomic E-state index is 0.0204. The van der Waals surface area contributed by atoms with Crippen molar-refractivity contribution in [1.82, 2.24) is 10.2 Å². The largest absolute Gasteiger partial charge is 0.460 e. The summed E-state index contributed by atoms with van der Waals surface area (Å²) in [5.74, 6) is -3.51. The number of hydrogen-bond acceptors (Lipinski definition) is 7. The Kier molecular flexibility index (Phi) is 13.4. The number of ketones is 3. The molecule has 1 aromatic rings. The van der Waals surface area contributed by atoms with Crippen molar-refractivity contribution in [3.8, 4) is 0 Å². The first kappa shape index (κ1) is 38.4. The summed E-state index contributed by atoms with van der Waals surface area (Å²) in [7, 11) is 0. The van der Waals surface area contributed by atoms with Gasteiger partial charge in [-0.2, -0.15) is 0 Å². The summed E-state index contributed by atoms with van der Waals surface area (Å²) < 4.78 is 5.60. The van der Waals surface area contributed by atoms with E-state index in [9.17, 15) is 28.8 Å². The summed E-state index contributed by atoms with van der Waals surface area (Å²) in [5, 5.41) is 2.80. The summed E-state index contributed by atoms with van der Waals surface area (Å²) >= 11 is 0. The SMILES string of the molecule is CC(C)(C)OC(=O)C[C@H]1CCCCCCCCCC[C@@H](C(=O)C(=O)CCC(=O)NCc2ccccc2)CC(=O)[C@@H]2C3[C@H](CN2C1=O)C3(C)C. The Hall–Kier alpha value is -3.36. The molecule has 0 aromatic heterocycles. The predicted octanol–water partition coefficient (Wildman–Crippen LogP) is 6.54. The van der Waals surface area contributed by atoms with Crippen molar-refractivity contribution in [1.29, 1.82) is 0 Å². The van der Waals surface area contributed by atoms with E-state index in [2.05, 4.69) is 19.2 Å². The molecule has 2 heterocycles. The van der Waals surface area contributed by atoms with Gasteiger partial charge < -0.3 is 15.0 Å². The molecule has 1 aliphatic carbocycles. The van der Waals surface area contributed by atoms with Crippen LogP contribution in [0.5, 0.6) is 0 Å². The lowest BCUT2D eigenvalue weighted by atomic mass is 9.85. The summed E-state index contributed by atoms with van der Waals surface area (Å²) in [6.45, 7) is 10.5. The molecule has 2 saturated heterocycles. The first-order valence-electron chi connectivity index (χ1n) is 18.6. The standard InChI is InChI=1S/C40H58N2O7/c1-39(2,3)49-34(46)24-29-20-16-11-9-7-6-8-10-15-19-28(23-32(44)36-35-30(40(35,4)5)26-42(36)38(29)48)37(47)31(43)21-22-33(45)41-25-27-17-13-12-14-18-27/h12-14,17-18,28-30,35-36H,6-11,15-16,19-26H2,1-5H3,(H,41,45)/t28-,29-,30+,35?,36-/m1/s1. The number of ether oxygens (including phenoxy) is 1. The van der Waals surface area contributed by atoms with Crippen LogP contribution in [0.3, 0.4) is 0 Å². The van der Waals surface area contributed by atoms with E-state index in [0.29, 0.717) is 25.9 Å². The van der Waals surface area contributed by atoms with Gasteiger partial charge in [-0.3, -0.25) is 28.8 Å². The quantitative estimate of drug-likeness (QED) is 0.232. The van der Waals surface area contributed by atoms with Crippen molar-refractivity contribution < 1.29 is 33.5 Å². The third-order valence-electron chi connectivity index (χ3n) is 10.9. The van der Waals surface area contributed by atoms with Crippen LogP contribution in [0.25, 0.3) is 0 Å². The van der Waals surface area contributed by atoms with E-state index in [0.717, 1.165) is 56.9 Å². The maximum absolute atomic E-state index is 14.2. The molecule has 9 nitrogen and oxygen atoms in total. The topological polar surface area (TPSA) is 127 Å². The Morgan fingerprint density at radius 1 is 0.878 bits per heavy atom. The van der Waals surface area contributed by atoms with Crippen LogP contribution >= 0.6 is 0 Å². The third kappa shape index (κ3) is 10.8. The number of Topliss-reactive ketones (excluding diaryl/α,β-unsaturated/α-hetero) is 3. The highest BCUT2D eigenvalue weighted by Crippen LogP contribution is 2.65. The van der Waals surface area contributed by atoms with Gasteiger partial charge in [0.15, 0.2) is 11.6 Å². The second-order valence-electron chi connectivity index (χ2n) is 16.2. The van der Waals surface area contributed by atoms with Gasteiger partial charge in [0.05, 0.1) is 12.5 Å². The zero-order chi connectivity index (χ0) is 35.8. The van der Waals surface area contributed by atoms with Crippen molar-refractivity contribution in [2.24, 2.45) is 29.1 Å². The summed E-state index contributed by atoms with van der Waals surface area (Å²) in [5.41, 5.74) is 0.161. The van der Waals surface area contributed by atoms with Crippen LogP contribution in [0, 0.1) is 29.1 Å². The van der Waals surface area contributed by atoms with Crippen LogP contribution in [0.1, 0.15) is 130 Å². The van der Waals surface area contributed by atoms with Gasteiger partial charge in [0.2, 0.25) is 17.6 Å². The van der Waals surface area contributed by atoms with E-state index in [4.69, 9.17) is 4.74 Å². The lowest BCUT2D eigenvalue weighted by Crippen LogP contribution is -2.49. The lowest BCUT2D eigenvalue weighted by molar-refractivity contribution is -0.159. The van der Waals surface area contributed by atoms with Crippen LogP contribution in [-0.2, 0) is 40.0 Å². The van der Waals surface area contributed by atoms with E-state index in [-0.39, 0.29) is 60.5 Å². The van der Waals surface area contributed by atoms with E-state index in [1.807, 2.05) is 51.1 Å². The van der Waals surface area contributed by atoms with Crippen molar-refractivity contribution >= 4 is 35.1 Å². The van der Waals surface area contributed by atoms with E-state index in [1.54, 1.807) is 4.90 Å². The average molecular weight is 679 g/mol. The average Bonchev–Trinajstić information content (AvgIpc) is 3.35. The maximum atomic E-state index is 14.2.